The molecule has 2 nitrogen and oxygen atoms in total. The highest BCUT2D eigenvalue weighted by molar-refractivity contribution is 5.37. The van der Waals surface area contributed by atoms with Crippen molar-refractivity contribution in [3.63, 3.8) is 0 Å². The maximum Gasteiger partial charge on any atom is 0.122 e. The van der Waals surface area contributed by atoms with Crippen molar-refractivity contribution in [2.45, 2.75) is 58.9 Å². The molecule has 112 valence electrons. The van der Waals surface area contributed by atoms with Crippen molar-refractivity contribution in [1.29, 1.82) is 0 Å². The second kappa shape index (κ2) is 6.17. The van der Waals surface area contributed by atoms with E-state index < -0.39 is 0 Å². The lowest BCUT2D eigenvalue weighted by Gasteiger charge is -2.42. The van der Waals surface area contributed by atoms with Crippen LogP contribution in [0.25, 0.3) is 0 Å². The van der Waals surface area contributed by atoms with E-state index in [4.69, 9.17) is 10.5 Å². The molecule has 2 unspecified atom stereocenters. The first-order chi connectivity index (χ1) is 9.44. The van der Waals surface area contributed by atoms with Gasteiger partial charge in [-0.3, -0.25) is 0 Å². The van der Waals surface area contributed by atoms with E-state index in [0.29, 0.717) is 11.3 Å². The van der Waals surface area contributed by atoms with Gasteiger partial charge >= 0.3 is 0 Å². The molecule has 1 aliphatic rings. The van der Waals surface area contributed by atoms with Gasteiger partial charge in [-0.05, 0) is 49.1 Å². The predicted octanol–water partition coefficient (Wildman–Crippen LogP) is 4.09. The summed E-state index contributed by atoms with van der Waals surface area (Å²) in [7, 11) is 1.74. The van der Waals surface area contributed by atoms with Crippen LogP contribution in [0.15, 0.2) is 18.2 Å². The minimum absolute atomic E-state index is 0.223. The maximum atomic E-state index is 6.57. The molecule has 1 aromatic rings. The molecule has 0 saturated heterocycles. The number of ether oxygens (including phenoxy) is 1. The Bertz CT molecular complexity index is 453. The highest BCUT2D eigenvalue weighted by atomic mass is 16.5. The van der Waals surface area contributed by atoms with Gasteiger partial charge in [0.2, 0.25) is 0 Å². The van der Waals surface area contributed by atoms with Gasteiger partial charge < -0.3 is 10.5 Å². The van der Waals surface area contributed by atoms with E-state index in [1.54, 1.807) is 7.11 Å². The molecular weight excluding hydrogens is 246 g/mol. The third kappa shape index (κ3) is 3.35. The first kappa shape index (κ1) is 15.4. The standard InChI is InChI=1S/C18H29NO/c1-13-8-9-17(20-4)14(11-13)12-16(19)15-7-5-6-10-18(15,2)3/h8-9,11,15-16H,5-7,10,12,19H2,1-4H3. The molecule has 2 heteroatoms. The van der Waals surface area contributed by atoms with Crippen LogP contribution in [0.4, 0.5) is 0 Å². The SMILES string of the molecule is COc1ccc(C)cc1CC(N)C1CCCCC1(C)C. The smallest absolute Gasteiger partial charge is 0.122 e. The van der Waals surface area contributed by atoms with Gasteiger partial charge in [0, 0.05) is 6.04 Å². The Morgan fingerprint density at radius 1 is 1.35 bits per heavy atom. The van der Waals surface area contributed by atoms with Crippen LogP contribution < -0.4 is 10.5 Å². The van der Waals surface area contributed by atoms with Crippen LogP contribution in [0.5, 0.6) is 5.75 Å². The zero-order chi connectivity index (χ0) is 14.8. The number of aryl methyl sites for hydroxylation is 1. The van der Waals surface area contributed by atoms with Crippen LogP contribution in [-0.2, 0) is 6.42 Å². The molecule has 0 heterocycles. The summed E-state index contributed by atoms with van der Waals surface area (Å²) in [5, 5.41) is 0. The van der Waals surface area contributed by atoms with Crippen LogP contribution in [0.2, 0.25) is 0 Å². The summed E-state index contributed by atoms with van der Waals surface area (Å²) in [5.74, 6) is 1.58. The third-order valence-electron chi connectivity index (χ3n) is 5.00. The number of nitrogens with two attached hydrogens (primary N) is 1. The molecule has 2 N–H and O–H groups in total. The Morgan fingerprint density at radius 3 is 2.75 bits per heavy atom. The minimum atomic E-state index is 0.223. The maximum absolute atomic E-state index is 6.57. The van der Waals surface area contributed by atoms with E-state index >= 15 is 0 Å². The normalized spacial score (nSPS) is 23.4. The average molecular weight is 275 g/mol. The molecule has 0 aromatic heterocycles. The van der Waals surface area contributed by atoms with Gasteiger partial charge in [-0.1, -0.05) is 44.4 Å². The lowest BCUT2D eigenvalue weighted by atomic mass is 9.65. The lowest BCUT2D eigenvalue weighted by molar-refractivity contribution is 0.112. The van der Waals surface area contributed by atoms with E-state index in [9.17, 15) is 0 Å². The van der Waals surface area contributed by atoms with Gasteiger partial charge in [0.15, 0.2) is 0 Å². The molecule has 0 spiro atoms. The van der Waals surface area contributed by atoms with E-state index in [-0.39, 0.29) is 6.04 Å². The number of rotatable bonds is 4. The van der Waals surface area contributed by atoms with Crippen LogP contribution in [0.1, 0.15) is 50.7 Å². The first-order valence-corrected chi connectivity index (χ1v) is 7.83. The Labute approximate surface area is 123 Å². The zero-order valence-electron chi connectivity index (χ0n) is 13.4. The lowest BCUT2D eigenvalue weighted by Crippen LogP contribution is -2.43. The molecular formula is C18H29NO. The van der Waals surface area contributed by atoms with E-state index in [1.807, 2.05) is 0 Å². The summed E-state index contributed by atoms with van der Waals surface area (Å²) < 4.78 is 5.48. The quantitative estimate of drug-likeness (QED) is 0.898. The van der Waals surface area contributed by atoms with Gasteiger partial charge in [-0.15, -0.1) is 0 Å². The van der Waals surface area contributed by atoms with Crippen LogP contribution >= 0.6 is 0 Å². The Morgan fingerprint density at radius 2 is 2.10 bits per heavy atom. The second-order valence-electron chi connectivity index (χ2n) is 7.02. The molecule has 0 amide bonds. The van der Waals surface area contributed by atoms with Crippen molar-refractivity contribution in [3.8, 4) is 5.75 Å². The van der Waals surface area contributed by atoms with Gasteiger partial charge in [-0.25, -0.2) is 0 Å². The topological polar surface area (TPSA) is 35.2 Å². The fraction of sp³-hybridized carbons (Fsp3) is 0.667. The zero-order valence-corrected chi connectivity index (χ0v) is 13.4. The average Bonchev–Trinajstić information content (AvgIpc) is 2.38. The van der Waals surface area contributed by atoms with E-state index in [0.717, 1.165) is 12.2 Å². The van der Waals surface area contributed by atoms with Crippen molar-refractivity contribution in [2.75, 3.05) is 7.11 Å². The third-order valence-corrected chi connectivity index (χ3v) is 5.00. The summed E-state index contributed by atoms with van der Waals surface area (Å²) in [6.45, 7) is 6.88. The van der Waals surface area contributed by atoms with Crippen molar-refractivity contribution in [1.82, 2.24) is 0 Å². The van der Waals surface area contributed by atoms with Gasteiger partial charge in [-0.2, -0.15) is 0 Å². The second-order valence-corrected chi connectivity index (χ2v) is 7.02. The minimum Gasteiger partial charge on any atom is -0.496 e. The van der Waals surface area contributed by atoms with Crippen molar-refractivity contribution in [3.05, 3.63) is 29.3 Å². The molecule has 1 aliphatic carbocycles. The number of hydrogen-bond donors (Lipinski definition) is 1. The molecule has 2 rings (SSSR count). The van der Waals surface area contributed by atoms with Crippen LogP contribution in [0, 0.1) is 18.3 Å². The van der Waals surface area contributed by atoms with Crippen LogP contribution in [-0.4, -0.2) is 13.2 Å². The summed E-state index contributed by atoms with van der Waals surface area (Å²) >= 11 is 0. The molecule has 2 atom stereocenters. The van der Waals surface area contributed by atoms with Crippen LogP contribution in [0.3, 0.4) is 0 Å². The van der Waals surface area contributed by atoms with Gasteiger partial charge in [0.1, 0.15) is 5.75 Å². The number of methoxy groups -OCH3 is 1. The highest BCUT2D eigenvalue weighted by Gasteiger charge is 2.36. The summed E-state index contributed by atoms with van der Waals surface area (Å²) in [5.41, 5.74) is 9.47. The summed E-state index contributed by atoms with van der Waals surface area (Å²) in [6, 6.07) is 6.59. The van der Waals surface area contributed by atoms with E-state index in [2.05, 4.69) is 39.0 Å². The predicted molar refractivity (Wildman–Crippen MR) is 85.1 cm³/mol. The highest BCUT2D eigenvalue weighted by Crippen LogP contribution is 2.42. The Kier molecular flexibility index (Phi) is 4.74. The first-order valence-electron chi connectivity index (χ1n) is 7.83. The molecule has 0 aliphatic heterocycles. The van der Waals surface area contributed by atoms with Crippen molar-refractivity contribution in [2.24, 2.45) is 17.1 Å². The van der Waals surface area contributed by atoms with Crippen molar-refractivity contribution >= 4 is 0 Å². The molecule has 1 aromatic carbocycles. The summed E-state index contributed by atoms with van der Waals surface area (Å²) in [4.78, 5) is 0. The monoisotopic (exact) mass is 275 g/mol. The molecule has 0 bridgehead atoms. The fourth-order valence-electron chi connectivity index (χ4n) is 3.78. The van der Waals surface area contributed by atoms with Crippen molar-refractivity contribution < 1.29 is 4.74 Å². The number of benzene rings is 1. The van der Waals surface area contributed by atoms with Gasteiger partial charge in [0.25, 0.3) is 0 Å². The number of hydrogen-bond acceptors (Lipinski definition) is 2. The molecule has 1 fully saturated rings. The Hall–Kier alpha value is -1.02. The Balaban J connectivity index is 2.14. The molecule has 0 radical (unpaired) electrons. The molecule has 20 heavy (non-hydrogen) atoms. The fourth-order valence-corrected chi connectivity index (χ4v) is 3.78. The largest absolute Gasteiger partial charge is 0.496 e. The molecule has 1 saturated carbocycles. The summed E-state index contributed by atoms with van der Waals surface area (Å²) in [6.07, 6.45) is 6.16. The van der Waals surface area contributed by atoms with E-state index in [1.165, 1.54) is 36.8 Å². The van der Waals surface area contributed by atoms with Gasteiger partial charge in [0.05, 0.1) is 7.11 Å².